The van der Waals surface area contributed by atoms with Gasteiger partial charge in [0.15, 0.2) is 17.3 Å². The molecule has 1 aliphatic carbocycles. The van der Waals surface area contributed by atoms with Crippen LogP contribution >= 0.6 is 11.6 Å². The van der Waals surface area contributed by atoms with E-state index in [4.69, 9.17) is 21.1 Å². The van der Waals surface area contributed by atoms with Crippen LogP contribution in [0.3, 0.4) is 0 Å². The highest BCUT2D eigenvalue weighted by Crippen LogP contribution is 2.37. The highest BCUT2D eigenvalue weighted by atomic mass is 35.5. The molecule has 10 heteroatoms. The average molecular weight is 528 g/mol. The third-order valence-corrected chi connectivity index (χ3v) is 7.60. The van der Waals surface area contributed by atoms with Crippen LogP contribution < -0.4 is 14.8 Å². The zero-order valence-corrected chi connectivity index (χ0v) is 21.8. The minimum atomic E-state index is -0.546. The number of rotatable bonds is 7. The third kappa shape index (κ3) is 5.43. The summed E-state index contributed by atoms with van der Waals surface area (Å²) in [7, 11) is 1.60. The topological polar surface area (TPSA) is 79.8 Å². The fraction of sp³-hybridized carbons (Fsp3) is 0.444. The van der Waals surface area contributed by atoms with E-state index in [-0.39, 0.29) is 22.7 Å². The Hall–Kier alpha value is -3.17. The molecule has 1 aromatic heterocycles. The molecule has 8 nitrogen and oxygen atoms in total. The number of hydrogen-bond acceptors (Lipinski definition) is 7. The van der Waals surface area contributed by atoms with Gasteiger partial charge in [0.25, 0.3) is 0 Å². The monoisotopic (exact) mass is 527 g/mol. The molecule has 1 aliphatic heterocycles. The third-order valence-electron chi connectivity index (χ3n) is 7.31. The van der Waals surface area contributed by atoms with Crippen molar-refractivity contribution in [2.45, 2.75) is 44.8 Å². The predicted octanol–water partition coefficient (Wildman–Crippen LogP) is 5.03. The van der Waals surface area contributed by atoms with E-state index >= 15 is 0 Å². The number of methoxy groups -OCH3 is 1. The minimum Gasteiger partial charge on any atom is -0.493 e. The van der Waals surface area contributed by atoms with Crippen LogP contribution in [0.5, 0.6) is 11.5 Å². The predicted molar refractivity (Wildman–Crippen MR) is 141 cm³/mol. The van der Waals surface area contributed by atoms with E-state index in [0.29, 0.717) is 40.8 Å². The van der Waals surface area contributed by atoms with Crippen LogP contribution in [0.15, 0.2) is 36.7 Å². The maximum atomic E-state index is 14.5. The Morgan fingerprint density at radius 2 is 1.95 bits per heavy atom. The number of nitrogens with one attached hydrogen (secondary N) is 1. The maximum Gasteiger partial charge on any atom is 0.236 e. The molecule has 2 fully saturated rings. The summed E-state index contributed by atoms with van der Waals surface area (Å²) in [6.45, 7) is 5.04. The number of piperazine rings is 1. The summed E-state index contributed by atoms with van der Waals surface area (Å²) < 4.78 is 26.5. The molecular formula is C27H31ClFN5O3. The van der Waals surface area contributed by atoms with Crippen molar-refractivity contribution in [3.8, 4) is 11.5 Å². The quantitative estimate of drug-likeness (QED) is 0.461. The lowest BCUT2D eigenvalue weighted by atomic mass is 9.91. The lowest BCUT2D eigenvalue weighted by Crippen LogP contribution is -2.54. The molecule has 0 spiro atoms. The van der Waals surface area contributed by atoms with Gasteiger partial charge in [-0.1, -0.05) is 17.7 Å². The summed E-state index contributed by atoms with van der Waals surface area (Å²) >= 11 is 5.95. The van der Waals surface area contributed by atoms with Gasteiger partial charge in [-0.25, -0.2) is 14.4 Å². The van der Waals surface area contributed by atoms with Gasteiger partial charge in [0, 0.05) is 37.1 Å². The number of fused-ring (bicyclic) bond motifs is 1. The Labute approximate surface area is 220 Å². The molecule has 5 rings (SSSR count). The Morgan fingerprint density at radius 3 is 2.68 bits per heavy atom. The Kier molecular flexibility index (Phi) is 7.62. The van der Waals surface area contributed by atoms with Crippen LogP contribution in [0.25, 0.3) is 10.9 Å². The molecular weight excluding hydrogens is 497 g/mol. The number of aromatic nitrogens is 2. The fourth-order valence-corrected chi connectivity index (χ4v) is 5.40. The van der Waals surface area contributed by atoms with E-state index in [2.05, 4.69) is 20.2 Å². The molecule has 0 atom stereocenters. The van der Waals surface area contributed by atoms with Crippen molar-refractivity contribution in [2.75, 3.05) is 38.6 Å². The van der Waals surface area contributed by atoms with Gasteiger partial charge in [0.2, 0.25) is 5.91 Å². The van der Waals surface area contributed by atoms with Gasteiger partial charge >= 0.3 is 0 Å². The molecule has 1 amide bonds. The van der Waals surface area contributed by atoms with E-state index in [1.807, 2.05) is 17.9 Å². The van der Waals surface area contributed by atoms with E-state index < -0.39 is 5.82 Å². The van der Waals surface area contributed by atoms with Gasteiger partial charge in [0.05, 0.1) is 36.0 Å². The Balaban J connectivity index is 1.31. The van der Waals surface area contributed by atoms with E-state index in [1.54, 1.807) is 25.3 Å². The van der Waals surface area contributed by atoms with Crippen LogP contribution in [-0.2, 0) is 4.79 Å². The van der Waals surface area contributed by atoms with E-state index in [1.165, 1.54) is 12.4 Å². The van der Waals surface area contributed by atoms with Gasteiger partial charge in [-0.15, -0.1) is 0 Å². The fourth-order valence-electron chi connectivity index (χ4n) is 5.22. The second-order valence-corrected chi connectivity index (χ2v) is 9.87. The molecule has 2 heterocycles. The maximum absolute atomic E-state index is 14.5. The van der Waals surface area contributed by atoms with Gasteiger partial charge < -0.3 is 19.7 Å². The van der Waals surface area contributed by atoms with E-state index in [0.717, 1.165) is 45.3 Å². The average Bonchev–Trinajstić information content (AvgIpc) is 2.91. The molecule has 1 N–H and O–H groups in total. The number of nitrogens with zero attached hydrogens (tertiary/aromatic N) is 4. The van der Waals surface area contributed by atoms with Gasteiger partial charge in [-0.05, 0) is 50.8 Å². The van der Waals surface area contributed by atoms with Crippen molar-refractivity contribution in [3.63, 3.8) is 0 Å². The SMILES string of the molecule is CCN1CCN([C@H]2CC[C@H](Oc3cc4c(Nc5cccc(Cl)c5F)ncnc4cc3OC)CC2)CC1=O. The number of carbonyl (C=O) groups excluding carboxylic acids is 1. The molecule has 0 bridgehead atoms. The summed E-state index contributed by atoms with van der Waals surface area (Å²) in [6.07, 6.45) is 5.17. The van der Waals surface area contributed by atoms with Crippen LogP contribution in [-0.4, -0.2) is 71.1 Å². The first-order valence-corrected chi connectivity index (χ1v) is 13.1. The number of halogens is 2. The molecule has 37 heavy (non-hydrogen) atoms. The summed E-state index contributed by atoms with van der Waals surface area (Å²) in [5.41, 5.74) is 0.867. The van der Waals surface area contributed by atoms with Crippen LogP contribution in [0.4, 0.5) is 15.9 Å². The lowest BCUT2D eigenvalue weighted by Gasteiger charge is -2.41. The van der Waals surface area contributed by atoms with Crippen molar-refractivity contribution in [3.05, 3.63) is 47.5 Å². The molecule has 3 aromatic rings. The van der Waals surface area contributed by atoms with Crippen molar-refractivity contribution >= 4 is 39.9 Å². The largest absolute Gasteiger partial charge is 0.493 e. The summed E-state index contributed by atoms with van der Waals surface area (Å²) in [5, 5.41) is 3.74. The molecule has 2 aromatic carbocycles. The second kappa shape index (κ2) is 11.1. The minimum absolute atomic E-state index is 0.0289. The van der Waals surface area contributed by atoms with Crippen LogP contribution in [0, 0.1) is 5.82 Å². The standard InChI is InChI=1S/C27H31ClFN5O3/c1-3-33-11-12-34(15-25(33)35)17-7-9-18(10-8-17)37-24-13-19-22(14-23(24)36-2)30-16-31-27(19)32-21-6-4-5-20(28)26(21)29/h4-6,13-14,16-18H,3,7-12,15H2,1-2H3,(H,30,31,32)/t17-,18-. The molecule has 0 unspecified atom stereocenters. The highest BCUT2D eigenvalue weighted by molar-refractivity contribution is 6.31. The molecule has 0 radical (unpaired) electrons. The summed E-state index contributed by atoms with van der Waals surface area (Å²) in [5.74, 6) is 1.29. The van der Waals surface area contributed by atoms with Gasteiger partial charge in [0.1, 0.15) is 12.1 Å². The number of hydrogen-bond donors (Lipinski definition) is 1. The molecule has 1 saturated carbocycles. The first kappa shape index (κ1) is 25.5. The van der Waals surface area contributed by atoms with Crippen molar-refractivity contribution in [1.29, 1.82) is 0 Å². The number of carbonyl (C=O) groups is 1. The van der Waals surface area contributed by atoms with Crippen molar-refractivity contribution in [1.82, 2.24) is 19.8 Å². The number of benzene rings is 2. The zero-order valence-electron chi connectivity index (χ0n) is 21.0. The number of amides is 1. The first-order valence-electron chi connectivity index (χ1n) is 12.7. The summed E-state index contributed by atoms with van der Waals surface area (Å²) in [6, 6.07) is 8.81. The van der Waals surface area contributed by atoms with Crippen LogP contribution in [0.1, 0.15) is 32.6 Å². The van der Waals surface area contributed by atoms with Gasteiger partial charge in [-0.3, -0.25) is 9.69 Å². The Morgan fingerprint density at radius 1 is 1.14 bits per heavy atom. The first-order chi connectivity index (χ1) is 18.0. The van der Waals surface area contributed by atoms with Crippen molar-refractivity contribution in [2.24, 2.45) is 0 Å². The number of likely N-dealkylation sites (N-methyl/N-ethyl adjacent to an activating group) is 1. The zero-order chi connectivity index (χ0) is 25.9. The smallest absolute Gasteiger partial charge is 0.236 e. The van der Waals surface area contributed by atoms with E-state index in [9.17, 15) is 9.18 Å². The van der Waals surface area contributed by atoms with Gasteiger partial charge in [-0.2, -0.15) is 0 Å². The molecule has 2 aliphatic rings. The Bertz CT molecular complexity index is 1280. The van der Waals surface area contributed by atoms with Crippen molar-refractivity contribution < 1.29 is 18.7 Å². The number of anilines is 2. The normalized spacial score (nSPS) is 20.8. The number of ether oxygens (including phenoxy) is 2. The van der Waals surface area contributed by atoms with Crippen LogP contribution in [0.2, 0.25) is 5.02 Å². The second-order valence-electron chi connectivity index (χ2n) is 9.46. The molecule has 1 saturated heterocycles. The lowest BCUT2D eigenvalue weighted by molar-refractivity contribution is -0.137. The highest BCUT2D eigenvalue weighted by Gasteiger charge is 2.32. The summed E-state index contributed by atoms with van der Waals surface area (Å²) in [4.78, 5) is 25.3. The molecule has 196 valence electrons.